The Bertz CT molecular complexity index is 1550. The summed E-state index contributed by atoms with van der Waals surface area (Å²) in [7, 11) is 0. The molecule has 0 aliphatic carbocycles. The number of benzene rings is 4. The zero-order chi connectivity index (χ0) is 29.2. The van der Waals surface area contributed by atoms with E-state index in [4.69, 9.17) is 0 Å². The lowest BCUT2D eigenvalue weighted by molar-refractivity contribution is -0.115. The summed E-state index contributed by atoms with van der Waals surface area (Å²) in [6, 6.07) is 31.8. The first-order valence-corrected chi connectivity index (χ1v) is 13.8. The maximum absolute atomic E-state index is 13.2. The molecule has 0 aromatic heterocycles. The van der Waals surface area contributed by atoms with Crippen LogP contribution in [0.1, 0.15) is 40.1 Å². The summed E-state index contributed by atoms with van der Waals surface area (Å²) in [6.07, 6.45) is 1.62. The molecule has 1 atom stereocenters. The SMILES string of the molecule is CC(=O)c1ccc(NC(=O)C(C)Sc2ccc(NC(=O)/C(=C/c3ccccc3)NC(=O)c3ccccc3)cc2)cc1. The van der Waals surface area contributed by atoms with Crippen molar-refractivity contribution in [2.45, 2.75) is 24.0 Å². The van der Waals surface area contributed by atoms with Crippen LogP contribution >= 0.6 is 11.8 Å². The first-order valence-electron chi connectivity index (χ1n) is 12.9. The number of rotatable bonds is 10. The van der Waals surface area contributed by atoms with Crippen molar-refractivity contribution in [3.63, 3.8) is 0 Å². The van der Waals surface area contributed by atoms with Gasteiger partial charge < -0.3 is 16.0 Å². The molecule has 41 heavy (non-hydrogen) atoms. The van der Waals surface area contributed by atoms with Crippen LogP contribution in [0.2, 0.25) is 0 Å². The number of nitrogens with one attached hydrogen (secondary N) is 3. The zero-order valence-corrected chi connectivity index (χ0v) is 23.4. The van der Waals surface area contributed by atoms with Crippen LogP contribution in [0.25, 0.3) is 6.08 Å². The van der Waals surface area contributed by atoms with Crippen molar-refractivity contribution < 1.29 is 19.2 Å². The van der Waals surface area contributed by atoms with E-state index in [0.29, 0.717) is 22.5 Å². The Hall–Kier alpha value is -4.95. The summed E-state index contributed by atoms with van der Waals surface area (Å²) >= 11 is 1.37. The van der Waals surface area contributed by atoms with Gasteiger partial charge >= 0.3 is 0 Å². The van der Waals surface area contributed by atoms with Gasteiger partial charge in [-0.05, 0) is 86.2 Å². The molecule has 4 aromatic rings. The fourth-order valence-electron chi connectivity index (χ4n) is 3.76. The quantitative estimate of drug-likeness (QED) is 0.117. The van der Waals surface area contributed by atoms with Crippen molar-refractivity contribution in [2.24, 2.45) is 0 Å². The monoisotopic (exact) mass is 563 g/mol. The summed E-state index contributed by atoms with van der Waals surface area (Å²) in [5.41, 5.74) is 3.04. The Kier molecular flexibility index (Phi) is 9.85. The lowest BCUT2D eigenvalue weighted by Gasteiger charge is -2.14. The maximum atomic E-state index is 13.2. The standard InChI is InChI=1S/C33H29N3O4S/c1-22(37)25-13-15-27(16-14-25)34-31(38)23(2)41-29-19-17-28(18-20-29)35-33(40)30(21-24-9-5-3-6-10-24)36-32(39)26-11-7-4-8-12-26/h3-21,23H,1-2H3,(H,34,38)(H,35,40)(H,36,39)/b30-21-. The molecule has 0 aliphatic heterocycles. The highest BCUT2D eigenvalue weighted by atomic mass is 32.2. The fourth-order valence-corrected chi connectivity index (χ4v) is 4.63. The van der Waals surface area contributed by atoms with Gasteiger partial charge in [-0.3, -0.25) is 19.2 Å². The second-order valence-corrected chi connectivity index (χ2v) is 10.6. The molecule has 0 heterocycles. The topological polar surface area (TPSA) is 104 Å². The van der Waals surface area contributed by atoms with Gasteiger partial charge in [0.05, 0.1) is 5.25 Å². The number of thioether (sulfide) groups is 1. The van der Waals surface area contributed by atoms with Gasteiger partial charge in [0.25, 0.3) is 11.8 Å². The van der Waals surface area contributed by atoms with Crippen LogP contribution in [0.3, 0.4) is 0 Å². The smallest absolute Gasteiger partial charge is 0.272 e. The van der Waals surface area contributed by atoms with Crippen LogP contribution in [0.4, 0.5) is 11.4 Å². The van der Waals surface area contributed by atoms with Crippen molar-refractivity contribution in [3.05, 3.63) is 132 Å². The molecule has 0 bridgehead atoms. The van der Waals surface area contributed by atoms with Crippen LogP contribution in [-0.2, 0) is 9.59 Å². The second kappa shape index (κ2) is 13.9. The molecule has 0 fully saturated rings. The lowest BCUT2D eigenvalue weighted by atomic mass is 10.1. The van der Waals surface area contributed by atoms with Gasteiger partial charge in [0, 0.05) is 27.4 Å². The number of anilines is 2. The fraction of sp³-hybridized carbons (Fsp3) is 0.0909. The number of hydrogen-bond donors (Lipinski definition) is 3. The molecule has 3 amide bonds. The van der Waals surface area contributed by atoms with Gasteiger partial charge in [-0.1, -0.05) is 48.5 Å². The maximum Gasteiger partial charge on any atom is 0.272 e. The number of ketones is 1. The molecule has 0 spiro atoms. The molecule has 7 nitrogen and oxygen atoms in total. The Labute approximate surface area is 243 Å². The minimum absolute atomic E-state index is 0.0354. The molecule has 4 rings (SSSR count). The van der Waals surface area contributed by atoms with Crippen LogP contribution in [-0.4, -0.2) is 28.8 Å². The molecule has 1 unspecified atom stereocenters. The highest BCUT2D eigenvalue weighted by Crippen LogP contribution is 2.26. The number of hydrogen-bond acceptors (Lipinski definition) is 5. The number of amides is 3. The minimum Gasteiger partial charge on any atom is -0.325 e. The van der Waals surface area contributed by atoms with Gasteiger partial charge in [0.1, 0.15) is 5.70 Å². The predicted molar refractivity (Wildman–Crippen MR) is 164 cm³/mol. The molecule has 4 aromatic carbocycles. The van der Waals surface area contributed by atoms with E-state index in [-0.39, 0.29) is 17.4 Å². The molecule has 206 valence electrons. The summed E-state index contributed by atoms with van der Waals surface area (Å²) < 4.78 is 0. The van der Waals surface area contributed by atoms with E-state index < -0.39 is 17.1 Å². The van der Waals surface area contributed by atoms with Gasteiger partial charge in [0.2, 0.25) is 5.91 Å². The van der Waals surface area contributed by atoms with Gasteiger partial charge in [-0.15, -0.1) is 11.8 Å². The highest BCUT2D eigenvalue weighted by molar-refractivity contribution is 8.00. The van der Waals surface area contributed by atoms with Gasteiger partial charge in [0.15, 0.2) is 5.78 Å². The lowest BCUT2D eigenvalue weighted by Crippen LogP contribution is -2.30. The Morgan fingerprint density at radius 1 is 0.683 bits per heavy atom. The molecule has 3 N–H and O–H groups in total. The van der Waals surface area contributed by atoms with Crippen molar-refractivity contribution in [1.82, 2.24) is 5.32 Å². The Balaban J connectivity index is 1.39. The van der Waals surface area contributed by atoms with E-state index in [1.165, 1.54) is 18.7 Å². The van der Waals surface area contributed by atoms with E-state index in [1.54, 1.807) is 73.7 Å². The molecule has 0 radical (unpaired) electrons. The Morgan fingerprint density at radius 2 is 1.24 bits per heavy atom. The number of Topliss-reactive ketones (excluding diaryl/α,β-unsaturated/α-hetero) is 1. The van der Waals surface area contributed by atoms with E-state index in [1.807, 2.05) is 48.5 Å². The third-order valence-electron chi connectivity index (χ3n) is 5.99. The van der Waals surface area contributed by atoms with Crippen LogP contribution in [0.5, 0.6) is 0 Å². The summed E-state index contributed by atoms with van der Waals surface area (Å²) in [5.74, 6) is -1.07. The summed E-state index contributed by atoms with van der Waals surface area (Å²) in [6.45, 7) is 3.29. The average Bonchev–Trinajstić information content (AvgIpc) is 2.99. The second-order valence-electron chi connectivity index (χ2n) is 9.15. The van der Waals surface area contributed by atoms with E-state index in [2.05, 4.69) is 16.0 Å². The molecule has 0 saturated heterocycles. The third kappa shape index (κ3) is 8.52. The first kappa shape index (κ1) is 29.0. The number of carbonyl (C=O) groups is 4. The molecule has 0 aliphatic rings. The normalized spacial score (nSPS) is 11.7. The zero-order valence-electron chi connectivity index (χ0n) is 22.6. The van der Waals surface area contributed by atoms with Crippen molar-refractivity contribution in [3.8, 4) is 0 Å². The van der Waals surface area contributed by atoms with Crippen LogP contribution in [0.15, 0.2) is 120 Å². The molecule has 0 saturated carbocycles. The van der Waals surface area contributed by atoms with E-state index in [0.717, 1.165) is 10.5 Å². The minimum atomic E-state index is -0.470. The van der Waals surface area contributed by atoms with E-state index >= 15 is 0 Å². The number of carbonyl (C=O) groups excluding carboxylic acids is 4. The Morgan fingerprint density at radius 3 is 1.85 bits per heavy atom. The molecular weight excluding hydrogens is 534 g/mol. The van der Waals surface area contributed by atoms with Crippen LogP contribution < -0.4 is 16.0 Å². The third-order valence-corrected chi connectivity index (χ3v) is 7.10. The largest absolute Gasteiger partial charge is 0.325 e. The van der Waals surface area contributed by atoms with Crippen LogP contribution in [0, 0.1) is 0 Å². The van der Waals surface area contributed by atoms with E-state index in [9.17, 15) is 19.2 Å². The molecular formula is C33H29N3O4S. The van der Waals surface area contributed by atoms with Crippen molar-refractivity contribution in [1.29, 1.82) is 0 Å². The summed E-state index contributed by atoms with van der Waals surface area (Å²) in [4.78, 5) is 50.9. The summed E-state index contributed by atoms with van der Waals surface area (Å²) in [5, 5.41) is 8.02. The first-order chi connectivity index (χ1) is 19.8. The van der Waals surface area contributed by atoms with Gasteiger partial charge in [-0.25, -0.2) is 0 Å². The van der Waals surface area contributed by atoms with Gasteiger partial charge in [-0.2, -0.15) is 0 Å². The molecule has 8 heteroatoms. The predicted octanol–water partition coefficient (Wildman–Crippen LogP) is 6.42. The highest BCUT2D eigenvalue weighted by Gasteiger charge is 2.17. The van der Waals surface area contributed by atoms with Crippen molar-refractivity contribution >= 4 is 52.7 Å². The van der Waals surface area contributed by atoms with Crippen molar-refractivity contribution in [2.75, 3.05) is 10.6 Å². The average molecular weight is 564 g/mol.